The summed E-state index contributed by atoms with van der Waals surface area (Å²) in [6, 6.07) is 0. The minimum atomic E-state index is 0.729. The molecule has 11 heavy (non-hydrogen) atoms. The lowest BCUT2D eigenvalue weighted by molar-refractivity contribution is 0.404. The first-order chi connectivity index (χ1) is 5.24. The van der Waals surface area contributed by atoms with Crippen LogP contribution in [0.1, 0.15) is 6.42 Å². The number of likely N-dealkylation sites (tertiary alicyclic amines) is 1. The fourth-order valence-electron chi connectivity index (χ4n) is 1.64. The van der Waals surface area contributed by atoms with Crippen LogP contribution in [-0.2, 0) is 0 Å². The lowest BCUT2D eigenvalue weighted by Gasteiger charge is -2.12. The molecule has 0 aromatic carbocycles. The van der Waals surface area contributed by atoms with Gasteiger partial charge in [-0.2, -0.15) is 0 Å². The second-order valence-corrected chi connectivity index (χ2v) is 3.44. The number of hydrogen-bond acceptors (Lipinski definition) is 2. The number of nitrogens with one attached hydrogen (secondary N) is 1. The van der Waals surface area contributed by atoms with E-state index in [4.69, 9.17) is 0 Å². The highest BCUT2D eigenvalue weighted by molar-refractivity contribution is 5.05. The Kier molecular flexibility index (Phi) is 3.09. The zero-order valence-electron chi connectivity index (χ0n) is 7.56. The summed E-state index contributed by atoms with van der Waals surface area (Å²) in [5.74, 6) is 0.729. The third kappa shape index (κ3) is 2.31. The predicted molar refractivity (Wildman–Crippen MR) is 48.7 cm³/mol. The van der Waals surface area contributed by atoms with E-state index in [1.807, 2.05) is 7.05 Å². The first kappa shape index (κ1) is 8.75. The predicted octanol–water partition coefficient (Wildman–Crippen LogP) is 0.714. The Morgan fingerprint density at radius 3 is 2.91 bits per heavy atom. The molecule has 0 aromatic rings. The van der Waals surface area contributed by atoms with Crippen molar-refractivity contribution in [2.24, 2.45) is 5.92 Å². The van der Waals surface area contributed by atoms with Crippen molar-refractivity contribution < 1.29 is 0 Å². The van der Waals surface area contributed by atoms with E-state index in [-0.39, 0.29) is 0 Å². The van der Waals surface area contributed by atoms with Crippen LogP contribution in [0.15, 0.2) is 12.2 Å². The fraction of sp³-hybridized carbons (Fsp3) is 0.778. The monoisotopic (exact) mass is 154 g/mol. The average molecular weight is 154 g/mol. The van der Waals surface area contributed by atoms with E-state index in [0.29, 0.717) is 0 Å². The maximum atomic E-state index is 4.07. The number of nitrogens with zero attached hydrogens (tertiary/aromatic N) is 1. The third-order valence-electron chi connectivity index (χ3n) is 2.37. The molecule has 1 heterocycles. The first-order valence-corrected chi connectivity index (χ1v) is 4.25. The van der Waals surface area contributed by atoms with E-state index in [9.17, 15) is 0 Å². The molecule has 1 unspecified atom stereocenters. The standard InChI is InChI=1S/C9H18N2/c1-8(6-10-2)9-4-5-11(3)7-9/h9-10H,1,4-7H2,2-3H3. The van der Waals surface area contributed by atoms with Gasteiger partial charge in [0.1, 0.15) is 0 Å². The van der Waals surface area contributed by atoms with Gasteiger partial charge in [-0.05, 0) is 33.0 Å². The molecule has 64 valence electrons. The summed E-state index contributed by atoms with van der Waals surface area (Å²) in [6.07, 6.45) is 1.29. The molecule has 1 atom stereocenters. The Balaban J connectivity index is 2.31. The van der Waals surface area contributed by atoms with Crippen molar-refractivity contribution in [2.45, 2.75) is 6.42 Å². The average Bonchev–Trinajstić information content (AvgIpc) is 2.36. The van der Waals surface area contributed by atoms with E-state index in [2.05, 4.69) is 23.8 Å². The van der Waals surface area contributed by atoms with Crippen molar-refractivity contribution in [1.82, 2.24) is 10.2 Å². The molecule has 1 N–H and O–H groups in total. The molecule has 0 spiro atoms. The topological polar surface area (TPSA) is 15.3 Å². The third-order valence-corrected chi connectivity index (χ3v) is 2.37. The number of rotatable bonds is 3. The summed E-state index contributed by atoms with van der Waals surface area (Å²) in [4.78, 5) is 2.37. The van der Waals surface area contributed by atoms with E-state index >= 15 is 0 Å². The lowest BCUT2D eigenvalue weighted by Crippen LogP contribution is -2.19. The van der Waals surface area contributed by atoms with E-state index < -0.39 is 0 Å². The molecule has 1 rings (SSSR count). The number of hydrogen-bond donors (Lipinski definition) is 1. The minimum Gasteiger partial charge on any atom is -0.316 e. The largest absolute Gasteiger partial charge is 0.316 e. The van der Waals surface area contributed by atoms with Crippen molar-refractivity contribution in [1.29, 1.82) is 0 Å². The van der Waals surface area contributed by atoms with E-state index in [0.717, 1.165) is 12.5 Å². The van der Waals surface area contributed by atoms with Crippen LogP contribution in [0.2, 0.25) is 0 Å². The van der Waals surface area contributed by atoms with Gasteiger partial charge in [-0.3, -0.25) is 0 Å². The molecule has 1 fully saturated rings. The molecule has 0 bridgehead atoms. The van der Waals surface area contributed by atoms with Gasteiger partial charge in [0.2, 0.25) is 0 Å². The maximum absolute atomic E-state index is 4.07. The molecule has 2 heteroatoms. The van der Waals surface area contributed by atoms with Gasteiger partial charge in [-0.25, -0.2) is 0 Å². The Hall–Kier alpha value is -0.340. The normalized spacial score (nSPS) is 25.8. The zero-order chi connectivity index (χ0) is 8.27. The quantitative estimate of drug-likeness (QED) is 0.602. The van der Waals surface area contributed by atoms with E-state index in [1.54, 1.807) is 0 Å². The van der Waals surface area contributed by atoms with Crippen LogP contribution in [-0.4, -0.2) is 38.6 Å². The molecule has 0 saturated carbocycles. The first-order valence-electron chi connectivity index (χ1n) is 4.25. The summed E-state index contributed by atoms with van der Waals surface area (Å²) in [7, 11) is 4.15. The highest BCUT2D eigenvalue weighted by Gasteiger charge is 2.20. The van der Waals surface area contributed by atoms with Gasteiger partial charge < -0.3 is 10.2 Å². The molecule has 0 amide bonds. The smallest absolute Gasteiger partial charge is 0.0162 e. The van der Waals surface area contributed by atoms with Gasteiger partial charge in [0.25, 0.3) is 0 Å². The number of likely N-dealkylation sites (N-methyl/N-ethyl adjacent to an activating group) is 1. The van der Waals surface area contributed by atoms with Crippen molar-refractivity contribution in [2.75, 3.05) is 33.7 Å². The zero-order valence-corrected chi connectivity index (χ0v) is 7.56. The van der Waals surface area contributed by atoms with Crippen LogP contribution in [0.25, 0.3) is 0 Å². The van der Waals surface area contributed by atoms with Crippen molar-refractivity contribution in [3.05, 3.63) is 12.2 Å². The highest BCUT2D eigenvalue weighted by atomic mass is 15.1. The van der Waals surface area contributed by atoms with Gasteiger partial charge >= 0.3 is 0 Å². The fourth-order valence-corrected chi connectivity index (χ4v) is 1.64. The Labute approximate surface area is 69.3 Å². The van der Waals surface area contributed by atoms with Crippen molar-refractivity contribution in [3.8, 4) is 0 Å². The van der Waals surface area contributed by atoms with Gasteiger partial charge in [0.15, 0.2) is 0 Å². The molecule has 0 aliphatic carbocycles. The van der Waals surface area contributed by atoms with Crippen LogP contribution in [0.3, 0.4) is 0 Å². The van der Waals surface area contributed by atoms with Crippen molar-refractivity contribution in [3.63, 3.8) is 0 Å². The SMILES string of the molecule is C=C(CNC)C1CCN(C)C1. The summed E-state index contributed by atoms with van der Waals surface area (Å²) >= 11 is 0. The molecule has 0 aromatic heterocycles. The molecule has 1 saturated heterocycles. The molecular formula is C9H18N2. The molecule has 1 aliphatic heterocycles. The highest BCUT2D eigenvalue weighted by Crippen LogP contribution is 2.20. The van der Waals surface area contributed by atoms with Crippen molar-refractivity contribution >= 4 is 0 Å². The van der Waals surface area contributed by atoms with Crippen LogP contribution >= 0.6 is 0 Å². The minimum absolute atomic E-state index is 0.729. The second-order valence-electron chi connectivity index (χ2n) is 3.44. The van der Waals surface area contributed by atoms with Crippen LogP contribution in [0.5, 0.6) is 0 Å². The Bertz CT molecular complexity index is 142. The Morgan fingerprint density at radius 1 is 1.73 bits per heavy atom. The summed E-state index contributed by atoms with van der Waals surface area (Å²) < 4.78 is 0. The molecule has 2 nitrogen and oxygen atoms in total. The summed E-state index contributed by atoms with van der Waals surface area (Å²) in [6.45, 7) is 7.47. The van der Waals surface area contributed by atoms with Crippen LogP contribution in [0.4, 0.5) is 0 Å². The second kappa shape index (κ2) is 3.88. The Morgan fingerprint density at radius 2 is 2.45 bits per heavy atom. The lowest BCUT2D eigenvalue weighted by atomic mass is 10.00. The van der Waals surface area contributed by atoms with Crippen LogP contribution < -0.4 is 5.32 Å². The van der Waals surface area contributed by atoms with E-state index in [1.165, 1.54) is 25.1 Å². The van der Waals surface area contributed by atoms with Gasteiger partial charge in [0, 0.05) is 13.1 Å². The van der Waals surface area contributed by atoms with Gasteiger partial charge in [-0.1, -0.05) is 12.2 Å². The molecular weight excluding hydrogens is 136 g/mol. The maximum Gasteiger partial charge on any atom is 0.0162 e. The van der Waals surface area contributed by atoms with Gasteiger partial charge in [-0.15, -0.1) is 0 Å². The van der Waals surface area contributed by atoms with Gasteiger partial charge in [0.05, 0.1) is 0 Å². The molecule has 1 aliphatic rings. The molecule has 0 radical (unpaired) electrons. The summed E-state index contributed by atoms with van der Waals surface area (Å²) in [5.41, 5.74) is 1.36. The van der Waals surface area contributed by atoms with Crippen LogP contribution in [0, 0.1) is 5.92 Å². The summed E-state index contributed by atoms with van der Waals surface area (Å²) in [5, 5.41) is 3.14.